The first-order chi connectivity index (χ1) is 14.5. The number of thiazole rings is 1. The van der Waals surface area contributed by atoms with Crippen LogP contribution in [0.25, 0.3) is 16.3 Å². The molecule has 1 saturated heterocycles. The van der Waals surface area contributed by atoms with Crippen molar-refractivity contribution in [3.63, 3.8) is 0 Å². The van der Waals surface area contributed by atoms with Gasteiger partial charge in [0.2, 0.25) is 5.91 Å². The minimum atomic E-state index is -0.164. The number of benzene rings is 2. The summed E-state index contributed by atoms with van der Waals surface area (Å²) in [6.45, 7) is 2.04. The molecule has 2 aromatic carbocycles. The lowest BCUT2D eigenvalue weighted by atomic mass is 10.2. The van der Waals surface area contributed by atoms with E-state index < -0.39 is 0 Å². The number of nitrogens with zero attached hydrogens (tertiary/aromatic N) is 3. The second-order valence-corrected chi connectivity index (χ2v) is 8.64. The monoisotopic (exact) mass is 422 g/mol. The maximum atomic E-state index is 12.3. The third-order valence-corrected chi connectivity index (χ3v) is 6.43. The maximum absolute atomic E-state index is 12.3. The summed E-state index contributed by atoms with van der Waals surface area (Å²) < 4.78 is 6.23. The molecule has 2 heterocycles. The zero-order valence-corrected chi connectivity index (χ0v) is 18.3. The molecule has 0 unspecified atom stereocenters. The summed E-state index contributed by atoms with van der Waals surface area (Å²) >= 11 is 1.68. The van der Waals surface area contributed by atoms with Crippen LogP contribution in [0.15, 0.2) is 48.5 Å². The topological polar surface area (TPSA) is 57.7 Å². The van der Waals surface area contributed by atoms with Gasteiger partial charge in [0.15, 0.2) is 5.13 Å². The Morgan fingerprint density at radius 1 is 1.27 bits per heavy atom. The summed E-state index contributed by atoms with van der Waals surface area (Å²) in [4.78, 5) is 21.7. The fraction of sp³-hybridized carbons (Fsp3) is 0.304. The van der Waals surface area contributed by atoms with Crippen molar-refractivity contribution in [3.8, 4) is 5.75 Å². The highest BCUT2D eigenvalue weighted by atomic mass is 32.1. The van der Waals surface area contributed by atoms with Crippen molar-refractivity contribution in [2.24, 2.45) is 0 Å². The zero-order chi connectivity index (χ0) is 21.1. The van der Waals surface area contributed by atoms with E-state index in [0.29, 0.717) is 6.04 Å². The number of methoxy groups -OCH3 is 1. The van der Waals surface area contributed by atoms with Gasteiger partial charge in [0, 0.05) is 30.9 Å². The maximum Gasteiger partial charge on any atom is 0.248 e. The minimum Gasteiger partial charge on any atom is -0.497 e. The van der Waals surface area contributed by atoms with Crippen molar-refractivity contribution in [1.29, 1.82) is 0 Å². The van der Waals surface area contributed by atoms with Crippen LogP contribution in [0.5, 0.6) is 5.75 Å². The number of ether oxygens (including phenoxy) is 1. The van der Waals surface area contributed by atoms with E-state index in [4.69, 9.17) is 9.72 Å². The second-order valence-electron chi connectivity index (χ2n) is 7.63. The van der Waals surface area contributed by atoms with E-state index in [1.807, 2.05) is 42.5 Å². The third-order valence-electron chi connectivity index (χ3n) is 5.35. The molecular weight excluding hydrogens is 396 g/mol. The smallest absolute Gasteiger partial charge is 0.248 e. The average Bonchev–Trinajstić information content (AvgIpc) is 3.39. The Labute approximate surface area is 180 Å². The van der Waals surface area contributed by atoms with Gasteiger partial charge in [-0.1, -0.05) is 23.5 Å². The number of rotatable bonds is 6. The normalized spacial score (nSPS) is 16.7. The molecule has 0 bridgehead atoms. The number of aromatic nitrogens is 1. The Kier molecular flexibility index (Phi) is 6.01. The van der Waals surface area contributed by atoms with Crippen LogP contribution in [-0.2, 0) is 4.79 Å². The Bertz CT molecular complexity index is 1060. The summed E-state index contributed by atoms with van der Waals surface area (Å²) in [5.74, 6) is 0.628. The van der Waals surface area contributed by atoms with Crippen LogP contribution < -0.4 is 15.0 Å². The highest BCUT2D eigenvalue weighted by Gasteiger charge is 2.26. The molecule has 7 heteroatoms. The summed E-state index contributed by atoms with van der Waals surface area (Å²) in [5.41, 5.74) is 2.68. The largest absolute Gasteiger partial charge is 0.497 e. The molecule has 30 heavy (non-hydrogen) atoms. The molecule has 4 rings (SSSR count). The molecule has 0 aliphatic carbocycles. The number of carbonyl (C=O) groups excluding carboxylic acids is 1. The van der Waals surface area contributed by atoms with Crippen molar-refractivity contribution >= 4 is 44.4 Å². The van der Waals surface area contributed by atoms with Crippen LogP contribution in [0.1, 0.15) is 12.0 Å². The van der Waals surface area contributed by atoms with Crippen LogP contribution in [-0.4, -0.2) is 56.1 Å². The van der Waals surface area contributed by atoms with Crippen LogP contribution >= 0.6 is 11.3 Å². The fourth-order valence-corrected chi connectivity index (χ4v) is 4.57. The number of hydrogen-bond donors (Lipinski definition) is 1. The Hall–Kier alpha value is -2.90. The molecule has 1 aliphatic heterocycles. The van der Waals surface area contributed by atoms with Crippen LogP contribution in [0.2, 0.25) is 0 Å². The Morgan fingerprint density at radius 2 is 2.07 bits per heavy atom. The van der Waals surface area contributed by atoms with Gasteiger partial charge in [0.05, 0.1) is 17.3 Å². The SMILES string of the molecule is COc1ccc(/C=C/C(=O)Nc2ccc3nc(N4CC[C@@H](N(C)C)C4)sc3c2)cc1. The average molecular weight is 423 g/mol. The predicted molar refractivity (Wildman–Crippen MR) is 125 cm³/mol. The molecule has 1 N–H and O–H groups in total. The van der Waals surface area contributed by atoms with Gasteiger partial charge in [-0.3, -0.25) is 4.79 Å². The summed E-state index contributed by atoms with van der Waals surface area (Å²) in [6.07, 6.45) is 4.48. The van der Waals surface area contributed by atoms with Crippen LogP contribution in [0.4, 0.5) is 10.8 Å². The molecular formula is C23H26N4O2S. The van der Waals surface area contributed by atoms with Gasteiger partial charge in [-0.15, -0.1) is 0 Å². The molecule has 0 spiro atoms. The van der Waals surface area contributed by atoms with Crippen molar-refractivity contribution in [1.82, 2.24) is 9.88 Å². The van der Waals surface area contributed by atoms with Gasteiger partial charge in [-0.2, -0.15) is 0 Å². The van der Waals surface area contributed by atoms with E-state index in [9.17, 15) is 4.79 Å². The van der Waals surface area contributed by atoms with Gasteiger partial charge in [-0.05, 0) is 62.5 Å². The van der Waals surface area contributed by atoms with E-state index in [1.165, 1.54) is 6.08 Å². The van der Waals surface area contributed by atoms with Gasteiger partial charge >= 0.3 is 0 Å². The molecule has 1 amide bonds. The minimum absolute atomic E-state index is 0.164. The first-order valence-electron chi connectivity index (χ1n) is 9.97. The van der Waals surface area contributed by atoms with Crippen LogP contribution in [0, 0.1) is 0 Å². The number of amides is 1. The van der Waals surface area contributed by atoms with E-state index in [-0.39, 0.29) is 5.91 Å². The molecule has 6 nitrogen and oxygen atoms in total. The number of fused-ring (bicyclic) bond motifs is 1. The molecule has 3 aromatic rings. The highest BCUT2D eigenvalue weighted by molar-refractivity contribution is 7.22. The lowest BCUT2D eigenvalue weighted by Gasteiger charge is -2.19. The summed E-state index contributed by atoms with van der Waals surface area (Å²) in [6, 6.07) is 14.0. The zero-order valence-electron chi connectivity index (χ0n) is 17.5. The molecule has 0 saturated carbocycles. The highest BCUT2D eigenvalue weighted by Crippen LogP contribution is 2.33. The number of likely N-dealkylation sites (N-methyl/N-ethyl adjacent to an activating group) is 1. The molecule has 1 aliphatic rings. The number of nitrogens with one attached hydrogen (secondary N) is 1. The lowest BCUT2D eigenvalue weighted by Crippen LogP contribution is -2.31. The molecule has 1 aromatic heterocycles. The standard InChI is InChI=1S/C23H26N4O2S/c1-26(2)18-12-13-27(15-18)23-25-20-10-7-17(14-21(20)30-23)24-22(28)11-6-16-4-8-19(29-3)9-5-16/h4-11,14,18H,12-13,15H2,1-3H3,(H,24,28)/b11-6+/t18-/m1/s1. The fourth-order valence-electron chi connectivity index (χ4n) is 3.53. The van der Waals surface area contributed by atoms with Crippen LogP contribution in [0.3, 0.4) is 0 Å². The predicted octanol–water partition coefficient (Wildman–Crippen LogP) is 4.10. The molecule has 0 radical (unpaired) electrons. The lowest BCUT2D eigenvalue weighted by molar-refractivity contribution is -0.111. The van der Waals surface area contributed by atoms with Crippen molar-refractivity contribution < 1.29 is 9.53 Å². The first-order valence-corrected chi connectivity index (χ1v) is 10.8. The number of anilines is 2. The Morgan fingerprint density at radius 3 is 2.77 bits per heavy atom. The van der Waals surface area contributed by atoms with E-state index in [2.05, 4.69) is 29.2 Å². The first kappa shape index (κ1) is 20.4. The van der Waals surface area contributed by atoms with Crippen molar-refractivity contribution in [2.45, 2.75) is 12.5 Å². The van der Waals surface area contributed by atoms with Gasteiger partial charge < -0.3 is 19.9 Å². The quantitative estimate of drug-likeness (QED) is 0.606. The third kappa shape index (κ3) is 4.63. The number of carbonyl (C=O) groups is 1. The van der Waals surface area contributed by atoms with E-state index >= 15 is 0 Å². The molecule has 156 valence electrons. The second kappa shape index (κ2) is 8.85. The van der Waals surface area contributed by atoms with Crippen molar-refractivity contribution in [3.05, 3.63) is 54.1 Å². The molecule has 1 atom stereocenters. The molecule has 1 fully saturated rings. The van der Waals surface area contributed by atoms with Crippen molar-refractivity contribution in [2.75, 3.05) is 44.5 Å². The van der Waals surface area contributed by atoms with Gasteiger partial charge in [0.25, 0.3) is 0 Å². The van der Waals surface area contributed by atoms with Gasteiger partial charge in [-0.25, -0.2) is 4.98 Å². The van der Waals surface area contributed by atoms with Gasteiger partial charge in [0.1, 0.15) is 5.75 Å². The number of hydrogen-bond acceptors (Lipinski definition) is 6. The van der Waals surface area contributed by atoms with E-state index in [1.54, 1.807) is 24.5 Å². The summed E-state index contributed by atoms with van der Waals surface area (Å²) in [7, 11) is 5.89. The summed E-state index contributed by atoms with van der Waals surface area (Å²) in [5, 5.41) is 3.99. The van der Waals surface area contributed by atoms with E-state index in [0.717, 1.165) is 51.9 Å². The Balaban J connectivity index is 1.42.